The molecule has 0 bridgehead atoms. The molecule has 1 heterocycles. The molecular formula is C17H24ClN3. The van der Waals surface area contributed by atoms with E-state index in [9.17, 15) is 0 Å². The second kappa shape index (κ2) is 6.63. The van der Waals surface area contributed by atoms with Crippen molar-refractivity contribution in [2.24, 2.45) is 7.05 Å². The Morgan fingerprint density at radius 1 is 1.24 bits per heavy atom. The smallest absolute Gasteiger partial charge is 0.0850 e. The summed E-state index contributed by atoms with van der Waals surface area (Å²) in [7, 11) is 3.96. The van der Waals surface area contributed by atoms with Crippen molar-refractivity contribution in [3.8, 4) is 0 Å². The van der Waals surface area contributed by atoms with E-state index in [0.29, 0.717) is 0 Å². The number of nitrogens with zero attached hydrogens (tertiary/aromatic N) is 2. The van der Waals surface area contributed by atoms with E-state index in [2.05, 4.69) is 49.4 Å². The molecule has 1 unspecified atom stereocenters. The Morgan fingerprint density at radius 2 is 1.86 bits per heavy atom. The van der Waals surface area contributed by atoms with Crippen molar-refractivity contribution in [1.29, 1.82) is 0 Å². The van der Waals surface area contributed by atoms with Gasteiger partial charge in [-0.25, -0.2) is 0 Å². The molecule has 1 N–H and O–H groups in total. The summed E-state index contributed by atoms with van der Waals surface area (Å²) in [4.78, 5) is 0. The highest BCUT2D eigenvalue weighted by Gasteiger charge is 2.18. The van der Waals surface area contributed by atoms with E-state index in [0.717, 1.165) is 29.3 Å². The fourth-order valence-electron chi connectivity index (χ4n) is 2.83. The minimum Gasteiger partial charge on any atom is -0.313 e. The lowest BCUT2D eigenvalue weighted by atomic mass is 9.98. The maximum Gasteiger partial charge on any atom is 0.0850 e. The first kappa shape index (κ1) is 16.1. The summed E-state index contributed by atoms with van der Waals surface area (Å²) in [5.41, 5.74) is 5.94. The average Bonchev–Trinajstić information content (AvgIpc) is 2.70. The zero-order valence-electron chi connectivity index (χ0n) is 13.5. The van der Waals surface area contributed by atoms with Crippen LogP contribution in [0.2, 0.25) is 5.02 Å². The molecule has 114 valence electrons. The Hall–Kier alpha value is -1.32. The lowest BCUT2D eigenvalue weighted by Crippen LogP contribution is -2.20. The van der Waals surface area contributed by atoms with Gasteiger partial charge in [-0.05, 0) is 32.9 Å². The van der Waals surface area contributed by atoms with Crippen molar-refractivity contribution in [2.75, 3.05) is 7.05 Å². The minimum atomic E-state index is 0.237. The monoisotopic (exact) mass is 305 g/mol. The van der Waals surface area contributed by atoms with Crippen molar-refractivity contribution < 1.29 is 0 Å². The molecule has 0 saturated carbocycles. The first-order valence-electron chi connectivity index (χ1n) is 7.42. The van der Waals surface area contributed by atoms with Crippen LogP contribution in [-0.2, 0) is 19.9 Å². The molecule has 2 aromatic rings. The molecule has 0 amide bonds. The van der Waals surface area contributed by atoms with E-state index in [4.69, 9.17) is 11.6 Å². The highest BCUT2D eigenvalue weighted by molar-refractivity contribution is 6.31. The summed E-state index contributed by atoms with van der Waals surface area (Å²) in [5.74, 6) is 0. The predicted octanol–water partition coefficient (Wildman–Crippen LogP) is 3.76. The normalized spacial score (nSPS) is 12.7. The topological polar surface area (TPSA) is 29.9 Å². The zero-order valence-corrected chi connectivity index (χ0v) is 14.3. The summed E-state index contributed by atoms with van der Waals surface area (Å²) < 4.78 is 1.91. The third-order valence-electron chi connectivity index (χ3n) is 3.90. The minimum absolute atomic E-state index is 0.237. The van der Waals surface area contributed by atoms with Crippen molar-refractivity contribution in [3.05, 3.63) is 51.3 Å². The van der Waals surface area contributed by atoms with Gasteiger partial charge in [0.05, 0.1) is 16.4 Å². The van der Waals surface area contributed by atoms with E-state index in [1.54, 1.807) is 0 Å². The molecule has 0 saturated heterocycles. The lowest BCUT2D eigenvalue weighted by Gasteiger charge is -2.18. The number of benzene rings is 1. The Labute approximate surface area is 132 Å². The largest absolute Gasteiger partial charge is 0.313 e. The number of hydrogen-bond donors (Lipinski definition) is 1. The van der Waals surface area contributed by atoms with Crippen molar-refractivity contribution >= 4 is 11.6 Å². The van der Waals surface area contributed by atoms with Crippen LogP contribution in [0.1, 0.15) is 41.0 Å². The number of aromatic nitrogens is 2. The van der Waals surface area contributed by atoms with Crippen molar-refractivity contribution in [2.45, 2.75) is 39.7 Å². The maximum atomic E-state index is 6.47. The fraction of sp³-hybridized carbons (Fsp3) is 0.471. The number of hydrogen-bond acceptors (Lipinski definition) is 2. The van der Waals surface area contributed by atoms with E-state index in [1.807, 2.05) is 18.8 Å². The highest BCUT2D eigenvalue weighted by atomic mass is 35.5. The van der Waals surface area contributed by atoms with Gasteiger partial charge in [-0.3, -0.25) is 4.68 Å². The van der Waals surface area contributed by atoms with Crippen LogP contribution in [0.4, 0.5) is 0 Å². The Balaban J connectivity index is 2.33. The maximum absolute atomic E-state index is 6.47. The SMILES string of the molecule is CCc1nn(C)c(CC(NC)c2cc(C)cc(C)c2)c1Cl. The third kappa shape index (κ3) is 3.47. The van der Waals surface area contributed by atoms with Crippen LogP contribution in [0.5, 0.6) is 0 Å². The van der Waals surface area contributed by atoms with E-state index < -0.39 is 0 Å². The predicted molar refractivity (Wildman–Crippen MR) is 89.0 cm³/mol. The van der Waals surface area contributed by atoms with Crippen LogP contribution in [-0.4, -0.2) is 16.8 Å². The number of aryl methyl sites for hydroxylation is 4. The van der Waals surface area contributed by atoms with E-state index in [1.165, 1.54) is 16.7 Å². The van der Waals surface area contributed by atoms with Crippen molar-refractivity contribution in [3.63, 3.8) is 0 Å². The van der Waals surface area contributed by atoms with Gasteiger partial charge >= 0.3 is 0 Å². The zero-order chi connectivity index (χ0) is 15.6. The number of halogens is 1. The highest BCUT2D eigenvalue weighted by Crippen LogP contribution is 2.27. The molecule has 0 aliphatic rings. The second-order valence-corrected chi connectivity index (χ2v) is 6.03. The summed E-state index contributed by atoms with van der Waals surface area (Å²) in [6.45, 7) is 6.35. The lowest BCUT2D eigenvalue weighted by molar-refractivity contribution is 0.560. The van der Waals surface area contributed by atoms with Gasteiger partial charge in [0.25, 0.3) is 0 Å². The standard InChI is InChI=1S/C17H24ClN3/c1-6-14-17(18)16(21(5)20-14)10-15(19-4)13-8-11(2)7-12(3)9-13/h7-9,15,19H,6,10H2,1-5H3. The van der Waals surface area contributed by atoms with Gasteiger partial charge in [-0.1, -0.05) is 47.9 Å². The fourth-order valence-corrected chi connectivity index (χ4v) is 3.20. The van der Waals surface area contributed by atoms with Gasteiger partial charge in [0, 0.05) is 19.5 Å². The summed E-state index contributed by atoms with van der Waals surface area (Å²) in [5, 5.41) is 8.71. The number of likely N-dealkylation sites (N-methyl/N-ethyl adjacent to an activating group) is 1. The molecule has 1 atom stereocenters. The Bertz CT molecular complexity index is 611. The number of rotatable bonds is 5. The summed E-state index contributed by atoms with van der Waals surface area (Å²) in [6, 6.07) is 6.90. The van der Waals surface area contributed by atoms with Crippen LogP contribution >= 0.6 is 11.6 Å². The summed E-state index contributed by atoms with van der Waals surface area (Å²) >= 11 is 6.47. The van der Waals surface area contributed by atoms with Crippen LogP contribution < -0.4 is 5.32 Å². The molecule has 3 nitrogen and oxygen atoms in total. The molecular weight excluding hydrogens is 282 g/mol. The average molecular weight is 306 g/mol. The molecule has 1 aromatic carbocycles. The molecule has 21 heavy (non-hydrogen) atoms. The van der Waals surface area contributed by atoms with Crippen molar-refractivity contribution in [1.82, 2.24) is 15.1 Å². The van der Waals surface area contributed by atoms with Gasteiger partial charge in [0.15, 0.2) is 0 Å². The molecule has 0 aliphatic carbocycles. The Morgan fingerprint density at radius 3 is 2.33 bits per heavy atom. The van der Waals surface area contributed by atoms with Gasteiger partial charge < -0.3 is 5.32 Å². The molecule has 0 spiro atoms. The number of nitrogens with one attached hydrogen (secondary N) is 1. The van der Waals surface area contributed by atoms with Gasteiger partial charge in [0.2, 0.25) is 0 Å². The van der Waals surface area contributed by atoms with E-state index >= 15 is 0 Å². The Kier molecular flexibility index (Phi) is 5.07. The molecule has 2 rings (SSSR count). The molecule has 0 fully saturated rings. The van der Waals surface area contributed by atoms with Crippen LogP contribution in [0, 0.1) is 13.8 Å². The van der Waals surface area contributed by atoms with Crippen LogP contribution in [0.15, 0.2) is 18.2 Å². The first-order valence-corrected chi connectivity index (χ1v) is 7.79. The summed E-state index contributed by atoms with van der Waals surface area (Å²) in [6.07, 6.45) is 1.70. The first-order chi connectivity index (χ1) is 9.96. The van der Waals surface area contributed by atoms with Crippen LogP contribution in [0.3, 0.4) is 0 Å². The van der Waals surface area contributed by atoms with Gasteiger partial charge in [-0.15, -0.1) is 0 Å². The third-order valence-corrected chi connectivity index (χ3v) is 4.33. The van der Waals surface area contributed by atoms with Gasteiger partial charge in [0.1, 0.15) is 0 Å². The molecule has 4 heteroatoms. The second-order valence-electron chi connectivity index (χ2n) is 5.65. The molecule has 0 aliphatic heterocycles. The van der Waals surface area contributed by atoms with Gasteiger partial charge in [-0.2, -0.15) is 5.10 Å². The molecule has 1 aromatic heterocycles. The van der Waals surface area contributed by atoms with E-state index in [-0.39, 0.29) is 6.04 Å². The van der Waals surface area contributed by atoms with Crippen LogP contribution in [0.25, 0.3) is 0 Å². The quantitative estimate of drug-likeness (QED) is 0.911. The molecule has 0 radical (unpaired) electrons.